The van der Waals surface area contributed by atoms with Crippen molar-refractivity contribution in [2.24, 2.45) is 0 Å². The summed E-state index contributed by atoms with van der Waals surface area (Å²) in [5.41, 5.74) is 2.21. The fourth-order valence-electron chi connectivity index (χ4n) is 2.48. The summed E-state index contributed by atoms with van der Waals surface area (Å²) in [6, 6.07) is 0. The predicted octanol–water partition coefficient (Wildman–Crippen LogP) is 3.09. The molecule has 2 nitrogen and oxygen atoms in total. The minimum absolute atomic E-state index is 0.195. The normalized spacial score (nSPS) is 29.9. The van der Waals surface area contributed by atoms with Crippen LogP contribution in [0.3, 0.4) is 0 Å². The Morgan fingerprint density at radius 3 is 1.53 bits per heavy atom. The van der Waals surface area contributed by atoms with Crippen molar-refractivity contribution in [3.63, 3.8) is 0 Å². The Balaban J connectivity index is 3.05. The highest BCUT2D eigenvalue weighted by Crippen LogP contribution is 2.37. The smallest absolute Gasteiger partial charge is 0.163 e. The van der Waals surface area contributed by atoms with Gasteiger partial charge in [0, 0.05) is 0 Å². The summed E-state index contributed by atoms with van der Waals surface area (Å²) in [7, 11) is -2.92. The fourth-order valence-corrected chi connectivity index (χ4v) is 5.37. The second kappa shape index (κ2) is 4.69. The topological polar surface area (TPSA) is 34.1 Å². The van der Waals surface area contributed by atoms with Gasteiger partial charge < -0.3 is 0 Å². The molecular weight excluding hydrogens is 208 g/mol. The first kappa shape index (κ1) is 12.8. The van der Waals surface area contributed by atoms with E-state index in [2.05, 4.69) is 0 Å². The average Bonchev–Trinajstić information content (AvgIpc) is 2.32. The van der Waals surface area contributed by atoms with E-state index in [4.69, 9.17) is 0 Å². The molecule has 1 aliphatic rings. The number of rotatable bonds is 4. The maximum Gasteiger partial charge on any atom is 0.163 e. The maximum absolute atomic E-state index is 12.3. The lowest BCUT2D eigenvalue weighted by atomic mass is 10.0. The number of hydrogen-bond acceptors (Lipinski definition) is 2. The fraction of sp³-hybridized carbons (Fsp3) is 0.833. The van der Waals surface area contributed by atoms with E-state index in [-0.39, 0.29) is 10.5 Å². The third-order valence-corrected chi connectivity index (χ3v) is 6.25. The van der Waals surface area contributed by atoms with Crippen LogP contribution in [0.15, 0.2) is 11.1 Å². The van der Waals surface area contributed by atoms with Crippen LogP contribution in [0.4, 0.5) is 0 Å². The van der Waals surface area contributed by atoms with E-state index >= 15 is 0 Å². The number of hydrogen-bond donors (Lipinski definition) is 0. The molecule has 1 aliphatic heterocycles. The lowest BCUT2D eigenvalue weighted by molar-refractivity contribution is 0.572. The van der Waals surface area contributed by atoms with Gasteiger partial charge in [-0.05, 0) is 26.7 Å². The minimum Gasteiger partial charge on any atom is -0.228 e. The molecule has 2 atom stereocenters. The van der Waals surface area contributed by atoms with Gasteiger partial charge in [0.25, 0.3) is 0 Å². The van der Waals surface area contributed by atoms with Crippen molar-refractivity contribution in [1.82, 2.24) is 0 Å². The Morgan fingerprint density at radius 2 is 1.27 bits per heavy atom. The highest BCUT2D eigenvalue weighted by molar-refractivity contribution is 7.93. The second-order valence-electron chi connectivity index (χ2n) is 4.51. The number of sulfone groups is 1. The summed E-state index contributed by atoms with van der Waals surface area (Å²) in [6.07, 6.45) is 3.44. The molecule has 1 heterocycles. The zero-order chi connectivity index (χ0) is 11.6. The Bertz CT molecular complexity index is 324. The third kappa shape index (κ3) is 2.12. The molecule has 3 heteroatoms. The monoisotopic (exact) mass is 230 g/mol. The molecule has 0 amide bonds. The van der Waals surface area contributed by atoms with Crippen LogP contribution in [0, 0.1) is 0 Å². The molecule has 0 aromatic heterocycles. The zero-order valence-electron chi connectivity index (χ0n) is 10.2. The van der Waals surface area contributed by atoms with Gasteiger partial charge in [-0.3, -0.25) is 0 Å². The van der Waals surface area contributed by atoms with E-state index in [1.165, 1.54) is 0 Å². The summed E-state index contributed by atoms with van der Waals surface area (Å²) < 4.78 is 24.5. The van der Waals surface area contributed by atoms with Crippen LogP contribution >= 0.6 is 0 Å². The first-order valence-electron chi connectivity index (χ1n) is 5.86. The minimum atomic E-state index is -2.92. The third-order valence-electron chi connectivity index (χ3n) is 3.48. The van der Waals surface area contributed by atoms with Gasteiger partial charge in [-0.2, -0.15) is 0 Å². The Kier molecular flexibility index (Phi) is 3.99. The summed E-state index contributed by atoms with van der Waals surface area (Å²) in [4.78, 5) is 0. The summed E-state index contributed by atoms with van der Waals surface area (Å²) >= 11 is 0. The molecule has 0 fully saturated rings. The lowest BCUT2D eigenvalue weighted by Gasteiger charge is -2.14. The molecule has 0 bridgehead atoms. The SMILES string of the molecule is CCCC1C(C)=C(C)C(CCC)S1(=O)=O. The molecule has 0 radical (unpaired) electrons. The molecule has 0 N–H and O–H groups in total. The van der Waals surface area contributed by atoms with Crippen molar-refractivity contribution >= 4 is 9.84 Å². The summed E-state index contributed by atoms with van der Waals surface area (Å²) in [5, 5.41) is -0.391. The standard InChI is InChI=1S/C12H22O2S/c1-5-7-11-9(3)10(4)12(8-6-2)15(11,13)14/h11-12H,5-8H2,1-4H3. The molecule has 2 unspecified atom stereocenters. The molecule has 88 valence electrons. The van der Waals surface area contributed by atoms with Crippen LogP contribution in [0.1, 0.15) is 53.4 Å². The van der Waals surface area contributed by atoms with Gasteiger partial charge in [-0.1, -0.05) is 37.8 Å². The van der Waals surface area contributed by atoms with E-state index in [0.29, 0.717) is 0 Å². The van der Waals surface area contributed by atoms with Gasteiger partial charge in [0.2, 0.25) is 0 Å². The Labute approximate surface area is 93.7 Å². The van der Waals surface area contributed by atoms with Crippen molar-refractivity contribution in [2.45, 2.75) is 63.9 Å². The van der Waals surface area contributed by atoms with Crippen molar-refractivity contribution in [3.8, 4) is 0 Å². The Morgan fingerprint density at radius 1 is 0.933 bits per heavy atom. The van der Waals surface area contributed by atoms with Gasteiger partial charge in [-0.15, -0.1) is 0 Å². The van der Waals surface area contributed by atoms with Gasteiger partial charge in [0.15, 0.2) is 9.84 Å². The van der Waals surface area contributed by atoms with Crippen molar-refractivity contribution in [3.05, 3.63) is 11.1 Å². The molecule has 15 heavy (non-hydrogen) atoms. The van der Waals surface area contributed by atoms with Crippen molar-refractivity contribution in [2.75, 3.05) is 0 Å². The molecule has 1 rings (SSSR count). The molecule has 0 aromatic rings. The molecule has 0 aromatic carbocycles. The van der Waals surface area contributed by atoms with E-state index < -0.39 is 9.84 Å². The van der Waals surface area contributed by atoms with E-state index in [1.807, 2.05) is 27.7 Å². The summed E-state index contributed by atoms with van der Waals surface area (Å²) in [6.45, 7) is 8.07. The van der Waals surface area contributed by atoms with E-state index in [9.17, 15) is 8.42 Å². The maximum atomic E-state index is 12.3. The highest BCUT2D eigenvalue weighted by atomic mass is 32.2. The van der Waals surface area contributed by atoms with Crippen LogP contribution in [-0.4, -0.2) is 18.9 Å². The van der Waals surface area contributed by atoms with E-state index in [1.54, 1.807) is 0 Å². The molecule has 0 saturated heterocycles. The predicted molar refractivity (Wildman–Crippen MR) is 64.7 cm³/mol. The van der Waals surface area contributed by atoms with Crippen LogP contribution in [-0.2, 0) is 9.84 Å². The first-order chi connectivity index (χ1) is 6.96. The first-order valence-corrected chi connectivity index (χ1v) is 7.47. The molecule has 0 spiro atoms. The largest absolute Gasteiger partial charge is 0.228 e. The van der Waals surface area contributed by atoms with Gasteiger partial charge in [-0.25, -0.2) is 8.42 Å². The van der Waals surface area contributed by atoms with Crippen LogP contribution in [0.5, 0.6) is 0 Å². The van der Waals surface area contributed by atoms with Gasteiger partial charge in [0.05, 0.1) is 10.5 Å². The molecule has 0 saturated carbocycles. The highest BCUT2D eigenvalue weighted by Gasteiger charge is 2.42. The lowest BCUT2D eigenvalue weighted by Crippen LogP contribution is -2.25. The van der Waals surface area contributed by atoms with Crippen molar-refractivity contribution < 1.29 is 8.42 Å². The molecular formula is C12H22O2S. The average molecular weight is 230 g/mol. The zero-order valence-corrected chi connectivity index (χ0v) is 11.0. The van der Waals surface area contributed by atoms with E-state index in [0.717, 1.165) is 36.8 Å². The quantitative estimate of drug-likeness (QED) is 0.695. The molecule has 0 aliphatic carbocycles. The summed E-state index contributed by atoms with van der Waals surface area (Å²) in [5.74, 6) is 0. The van der Waals surface area contributed by atoms with Crippen LogP contribution in [0.25, 0.3) is 0 Å². The van der Waals surface area contributed by atoms with Crippen LogP contribution in [0.2, 0.25) is 0 Å². The second-order valence-corrected chi connectivity index (χ2v) is 6.83. The van der Waals surface area contributed by atoms with Crippen LogP contribution < -0.4 is 0 Å². The van der Waals surface area contributed by atoms with Gasteiger partial charge >= 0.3 is 0 Å². The van der Waals surface area contributed by atoms with Gasteiger partial charge in [0.1, 0.15) is 0 Å². The Hall–Kier alpha value is -0.310. The van der Waals surface area contributed by atoms with Crippen molar-refractivity contribution in [1.29, 1.82) is 0 Å².